The van der Waals surface area contributed by atoms with Crippen LogP contribution < -0.4 is 5.73 Å². The molecule has 1 aromatic rings. The van der Waals surface area contributed by atoms with Crippen LogP contribution in [0.1, 0.15) is 37.3 Å². The predicted octanol–water partition coefficient (Wildman–Crippen LogP) is 2.28. The molecule has 0 saturated carbocycles. The predicted molar refractivity (Wildman–Crippen MR) is 59.2 cm³/mol. The fraction of sp³-hybridized carbons (Fsp3) is 0.667. The van der Waals surface area contributed by atoms with Crippen LogP contribution in [0.3, 0.4) is 0 Å². The Morgan fingerprint density at radius 3 is 3.07 bits per heavy atom. The van der Waals surface area contributed by atoms with E-state index in [1.54, 1.807) is 0 Å². The zero-order valence-electron chi connectivity index (χ0n) is 9.09. The standard InChI is InChI=1S/C12H20N2/c1-8-3-4-10-6-14-7-11(10)12(8)9(2)5-13/h6-9,12,14H,3-5,13H2,1-2H3. The van der Waals surface area contributed by atoms with Gasteiger partial charge in [0.1, 0.15) is 0 Å². The maximum atomic E-state index is 5.78. The molecule has 2 nitrogen and oxygen atoms in total. The van der Waals surface area contributed by atoms with Gasteiger partial charge in [-0.05, 0) is 48.3 Å². The summed E-state index contributed by atoms with van der Waals surface area (Å²) in [6.07, 6.45) is 6.85. The minimum Gasteiger partial charge on any atom is -0.367 e. The van der Waals surface area contributed by atoms with Gasteiger partial charge in [-0.2, -0.15) is 0 Å². The molecule has 0 aromatic carbocycles. The molecule has 0 saturated heterocycles. The number of hydrogen-bond donors (Lipinski definition) is 2. The second-order valence-electron chi connectivity index (χ2n) is 4.69. The summed E-state index contributed by atoms with van der Waals surface area (Å²) in [6, 6.07) is 0. The van der Waals surface area contributed by atoms with Gasteiger partial charge in [-0.15, -0.1) is 0 Å². The molecule has 1 aliphatic rings. The molecule has 0 aliphatic heterocycles. The monoisotopic (exact) mass is 192 g/mol. The molecule has 0 spiro atoms. The van der Waals surface area contributed by atoms with Crippen molar-refractivity contribution in [3.8, 4) is 0 Å². The minimum atomic E-state index is 0.597. The Hall–Kier alpha value is -0.760. The van der Waals surface area contributed by atoms with Gasteiger partial charge in [0.2, 0.25) is 0 Å². The average Bonchev–Trinajstić information content (AvgIpc) is 2.64. The Bertz CT molecular complexity index is 303. The van der Waals surface area contributed by atoms with Crippen LogP contribution >= 0.6 is 0 Å². The van der Waals surface area contributed by atoms with Crippen LogP contribution in [0.15, 0.2) is 12.4 Å². The highest BCUT2D eigenvalue weighted by atomic mass is 14.7. The zero-order valence-corrected chi connectivity index (χ0v) is 9.09. The van der Waals surface area contributed by atoms with Gasteiger partial charge >= 0.3 is 0 Å². The highest BCUT2D eigenvalue weighted by Gasteiger charge is 2.30. The van der Waals surface area contributed by atoms with Crippen molar-refractivity contribution in [2.45, 2.75) is 32.6 Å². The lowest BCUT2D eigenvalue weighted by Gasteiger charge is -2.33. The number of hydrogen-bond acceptors (Lipinski definition) is 1. The number of aryl methyl sites for hydroxylation is 1. The molecular weight excluding hydrogens is 172 g/mol. The van der Waals surface area contributed by atoms with E-state index >= 15 is 0 Å². The van der Waals surface area contributed by atoms with Crippen LogP contribution in [0, 0.1) is 11.8 Å². The van der Waals surface area contributed by atoms with Gasteiger partial charge in [0.15, 0.2) is 0 Å². The van der Waals surface area contributed by atoms with E-state index in [2.05, 4.69) is 31.2 Å². The van der Waals surface area contributed by atoms with Gasteiger partial charge in [-0.1, -0.05) is 13.8 Å². The average molecular weight is 192 g/mol. The topological polar surface area (TPSA) is 41.8 Å². The van der Waals surface area contributed by atoms with Gasteiger partial charge in [0, 0.05) is 12.4 Å². The summed E-state index contributed by atoms with van der Waals surface area (Å²) in [6.45, 7) is 5.41. The first kappa shape index (κ1) is 9.78. The van der Waals surface area contributed by atoms with Crippen molar-refractivity contribution in [2.24, 2.45) is 17.6 Å². The summed E-state index contributed by atoms with van der Waals surface area (Å²) in [5.74, 6) is 2.03. The SMILES string of the molecule is CC(CN)C1c2c[nH]cc2CCC1C. The summed E-state index contributed by atoms with van der Waals surface area (Å²) in [5.41, 5.74) is 8.80. The van der Waals surface area contributed by atoms with Crippen molar-refractivity contribution in [2.75, 3.05) is 6.54 Å². The Morgan fingerprint density at radius 1 is 1.57 bits per heavy atom. The molecule has 1 aromatic heterocycles. The van der Waals surface area contributed by atoms with Crippen LogP contribution in [-0.4, -0.2) is 11.5 Å². The van der Waals surface area contributed by atoms with Crippen LogP contribution in [0.2, 0.25) is 0 Å². The second kappa shape index (κ2) is 3.77. The van der Waals surface area contributed by atoms with Gasteiger partial charge < -0.3 is 10.7 Å². The first-order valence-electron chi connectivity index (χ1n) is 5.59. The first-order chi connectivity index (χ1) is 6.74. The lowest BCUT2D eigenvalue weighted by Crippen LogP contribution is -2.27. The Balaban J connectivity index is 2.31. The molecule has 0 bridgehead atoms. The van der Waals surface area contributed by atoms with E-state index in [9.17, 15) is 0 Å². The van der Waals surface area contributed by atoms with Crippen molar-refractivity contribution in [3.63, 3.8) is 0 Å². The third-order valence-electron chi connectivity index (χ3n) is 3.69. The maximum absolute atomic E-state index is 5.78. The molecule has 3 N–H and O–H groups in total. The van der Waals surface area contributed by atoms with Crippen LogP contribution in [0.25, 0.3) is 0 Å². The summed E-state index contributed by atoms with van der Waals surface area (Å²) in [4.78, 5) is 3.23. The van der Waals surface area contributed by atoms with Gasteiger partial charge in [-0.25, -0.2) is 0 Å². The number of nitrogens with one attached hydrogen (secondary N) is 1. The Labute approximate surface area is 85.9 Å². The smallest absolute Gasteiger partial charge is 0.00432 e. The lowest BCUT2D eigenvalue weighted by molar-refractivity contribution is 0.316. The molecule has 14 heavy (non-hydrogen) atoms. The van der Waals surface area contributed by atoms with Gasteiger partial charge in [0.25, 0.3) is 0 Å². The Kier molecular flexibility index (Phi) is 2.64. The van der Waals surface area contributed by atoms with Crippen molar-refractivity contribution in [3.05, 3.63) is 23.5 Å². The quantitative estimate of drug-likeness (QED) is 0.741. The molecule has 78 valence electrons. The van der Waals surface area contributed by atoms with Crippen molar-refractivity contribution >= 4 is 0 Å². The second-order valence-corrected chi connectivity index (χ2v) is 4.69. The fourth-order valence-corrected chi connectivity index (χ4v) is 2.82. The molecule has 2 rings (SSSR count). The van der Waals surface area contributed by atoms with E-state index in [1.807, 2.05) is 0 Å². The molecule has 0 radical (unpaired) electrons. The third kappa shape index (κ3) is 1.48. The molecule has 1 aliphatic carbocycles. The minimum absolute atomic E-state index is 0.597. The molecule has 0 fully saturated rings. The normalized spacial score (nSPS) is 28.5. The molecule has 3 unspecified atom stereocenters. The summed E-state index contributed by atoms with van der Waals surface area (Å²) < 4.78 is 0. The first-order valence-corrected chi connectivity index (χ1v) is 5.59. The summed E-state index contributed by atoms with van der Waals surface area (Å²) >= 11 is 0. The van der Waals surface area contributed by atoms with Crippen molar-refractivity contribution in [1.29, 1.82) is 0 Å². The number of nitrogens with two attached hydrogens (primary N) is 1. The van der Waals surface area contributed by atoms with Crippen molar-refractivity contribution < 1.29 is 0 Å². The van der Waals surface area contributed by atoms with E-state index < -0.39 is 0 Å². The number of rotatable bonds is 2. The van der Waals surface area contributed by atoms with Gasteiger partial charge in [-0.3, -0.25) is 0 Å². The van der Waals surface area contributed by atoms with E-state index in [1.165, 1.54) is 24.0 Å². The van der Waals surface area contributed by atoms with Crippen LogP contribution in [0.4, 0.5) is 0 Å². The number of H-pyrrole nitrogens is 1. The largest absolute Gasteiger partial charge is 0.367 e. The molecule has 3 atom stereocenters. The summed E-state index contributed by atoms with van der Waals surface area (Å²) in [7, 11) is 0. The van der Waals surface area contributed by atoms with E-state index in [0.717, 1.165) is 12.5 Å². The molecule has 2 heteroatoms. The molecular formula is C12H20N2. The fourth-order valence-electron chi connectivity index (χ4n) is 2.82. The van der Waals surface area contributed by atoms with E-state index in [4.69, 9.17) is 5.73 Å². The third-order valence-corrected chi connectivity index (χ3v) is 3.69. The molecule has 1 heterocycles. The highest BCUT2D eigenvalue weighted by molar-refractivity contribution is 5.31. The van der Waals surface area contributed by atoms with E-state index in [-0.39, 0.29) is 0 Å². The highest BCUT2D eigenvalue weighted by Crippen LogP contribution is 2.40. The number of fused-ring (bicyclic) bond motifs is 1. The zero-order chi connectivity index (χ0) is 10.1. The summed E-state index contributed by atoms with van der Waals surface area (Å²) in [5, 5.41) is 0. The Morgan fingerprint density at radius 2 is 2.36 bits per heavy atom. The molecule has 0 amide bonds. The number of aromatic amines is 1. The van der Waals surface area contributed by atoms with Crippen molar-refractivity contribution in [1.82, 2.24) is 4.98 Å². The van der Waals surface area contributed by atoms with Gasteiger partial charge in [0.05, 0.1) is 0 Å². The van der Waals surface area contributed by atoms with Crippen LogP contribution in [0.5, 0.6) is 0 Å². The van der Waals surface area contributed by atoms with E-state index in [0.29, 0.717) is 11.8 Å². The number of aromatic nitrogens is 1. The van der Waals surface area contributed by atoms with Crippen LogP contribution in [-0.2, 0) is 6.42 Å². The maximum Gasteiger partial charge on any atom is 0.00432 e. The lowest BCUT2D eigenvalue weighted by atomic mass is 9.72.